The third-order valence-corrected chi connectivity index (χ3v) is 4.66. The Morgan fingerprint density at radius 2 is 1.79 bits per heavy atom. The summed E-state index contributed by atoms with van der Waals surface area (Å²) in [6, 6.07) is 8.68. The Labute approximate surface area is 127 Å². The first-order valence-electron chi connectivity index (χ1n) is 7.67. The van der Waals surface area contributed by atoms with Gasteiger partial charge in [-0.2, -0.15) is 0 Å². The van der Waals surface area contributed by atoms with Gasteiger partial charge in [-0.1, -0.05) is 67.7 Å². The van der Waals surface area contributed by atoms with Crippen molar-refractivity contribution in [3.05, 3.63) is 34.3 Å². The molecule has 1 aromatic carbocycles. The number of rotatable bonds is 9. The predicted molar refractivity (Wildman–Crippen MR) is 88.7 cm³/mol. The molecule has 0 spiro atoms. The van der Waals surface area contributed by atoms with Crippen molar-refractivity contribution in [1.29, 1.82) is 0 Å². The Kier molecular flexibility index (Phi) is 8.40. The molecule has 0 saturated carbocycles. The second-order valence-electron chi connectivity index (χ2n) is 5.34. The molecule has 0 heterocycles. The topological polar surface area (TPSA) is 12.0 Å². The van der Waals surface area contributed by atoms with E-state index in [1.54, 1.807) is 0 Å². The Hall–Kier alpha value is -0.340. The summed E-state index contributed by atoms with van der Waals surface area (Å²) >= 11 is 3.71. The minimum atomic E-state index is 0.618. The van der Waals surface area contributed by atoms with Crippen LogP contribution in [-0.4, -0.2) is 13.1 Å². The second-order valence-corrected chi connectivity index (χ2v) is 6.20. The molecule has 0 amide bonds. The van der Waals surface area contributed by atoms with E-state index in [-0.39, 0.29) is 0 Å². The van der Waals surface area contributed by atoms with Crippen molar-refractivity contribution in [1.82, 2.24) is 5.32 Å². The molecule has 0 bridgehead atoms. The highest BCUT2D eigenvalue weighted by atomic mass is 79.9. The van der Waals surface area contributed by atoms with Gasteiger partial charge in [0.2, 0.25) is 0 Å². The number of benzene rings is 1. The smallest absolute Gasteiger partial charge is 0.0210 e. The monoisotopic (exact) mass is 325 g/mol. The largest absolute Gasteiger partial charge is 0.316 e. The molecule has 0 aliphatic carbocycles. The van der Waals surface area contributed by atoms with Crippen LogP contribution in [0.5, 0.6) is 0 Å². The molecule has 108 valence electrons. The van der Waals surface area contributed by atoms with E-state index < -0.39 is 0 Å². The fourth-order valence-electron chi connectivity index (χ4n) is 2.60. The molecule has 1 atom stereocenters. The maximum atomic E-state index is 3.71. The van der Waals surface area contributed by atoms with Crippen LogP contribution in [0.25, 0.3) is 0 Å². The molecule has 0 aromatic heterocycles. The molecule has 0 radical (unpaired) electrons. The maximum absolute atomic E-state index is 3.71. The molecule has 2 heteroatoms. The van der Waals surface area contributed by atoms with Crippen molar-refractivity contribution in [2.24, 2.45) is 5.92 Å². The van der Waals surface area contributed by atoms with Gasteiger partial charge in [0.15, 0.2) is 0 Å². The predicted octanol–water partition coefficient (Wildman–Crippen LogP) is 5.36. The van der Waals surface area contributed by atoms with Gasteiger partial charge in [-0.15, -0.1) is 0 Å². The standard InChI is InChI=1S/C17H28BrN/c1-4-11-19-13-15(12-14(5-2)6-3)16-9-7-8-10-17(16)18/h7-10,14-15,19H,4-6,11-13H2,1-3H3. The summed E-state index contributed by atoms with van der Waals surface area (Å²) in [4.78, 5) is 0. The van der Waals surface area contributed by atoms with Crippen molar-refractivity contribution >= 4 is 15.9 Å². The molecule has 1 unspecified atom stereocenters. The van der Waals surface area contributed by atoms with Gasteiger partial charge in [0, 0.05) is 11.0 Å². The third kappa shape index (κ3) is 5.66. The normalized spacial score (nSPS) is 12.9. The molecule has 19 heavy (non-hydrogen) atoms. The number of hydrogen-bond donors (Lipinski definition) is 1. The van der Waals surface area contributed by atoms with Gasteiger partial charge in [-0.3, -0.25) is 0 Å². The van der Waals surface area contributed by atoms with Gasteiger partial charge in [0.1, 0.15) is 0 Å². The third-order valence-electron chi connectivity index (χ3n) is 3.94. The van der Waals surface area contributed by atoms with Crippen molar-refractivity contribution in [3.63, 3.8) is 0 Å². The van der Waals surface area contributed by atoms with Gasteiger partial charge in [-0.05, 0) is 42.9 Å². The molecular weight excluding hydrogens is 298 g/mol. The average Bonchev–Trinajstić information content (AvgIpc) is 2.44. The van der Waals surface area contributed by atoms with E-state index in [1.165, 1.54) is 35.7 Å². The Balaban J connectivity index is 2.76. The lowest BCUT2D eigenvalue weighted by Crippen LogP contribution is -2.24. The first-order chi connectivity index (χ1) is 9.22. The lowest BCUT2D eigenvalue weighted by Gasteiger charge is -2.24. The van der Waals surface area contributed by atoms with E-state index in [1.807, 2.05) is 0 Å². The molecule has 0 aliphatic rings. The molecule has 1 nitrogen and oxygen atoms in total. The van der Waals surface area contributed by atoms with Gasteiger partial charge < -0.3 is 5.32 Å². The summed E-state index contributed by atoms with van der Waals surface area (Å²) in [6.45, 7) is 9.05. The lowest BCUT2D eigenvalue weighted by atomic mass is 9.86. The SMILES string of the molecule is CCCNCC(CC(CC)CC)c1ccccc1Br. The zero-order valence-corrected chi connectivity index (χ0v) is 14.2. The first-order valence-corrected chi connectivity index (χ1v) is 8.47. The fraction of sp³-hybridized carbons (Fsp3) is 0.647. The van der Waals surface area contributed by atoms with Crippen LogP contribution in [0, 0.1) is 5.92 Å². The van der Waals surface area contributed by atoms with Gasteiger partial charge in [0.05, 0.1) is 0 Å². The Bertz CT molecular complexity index is 347. The van der Waals surface area contributed by atoms with E-state index in [0.29, 0.717) is 5.92 Å². The van der Waals surface area contributed by atoms with E-state index >= 15 is 0 Å². The molecular formula is C17H28BrN. The summed E-state index contributed by atoms with van der Waals surface area (Å²) < 4.78 is 1.25. The summed E-state index contributed by atoms with van der Waals surface area (Å²) in [5.41, 5.74) is 1.46. The Morgan fingerprint density at radius 3 is 2.37 bits per heavy atom. The van der Waals surface area contributed by atoms with E-state index in [2.05, 4.69) is 66.3 Å². The lowest BCUT2D eigenvalue weighted by molar-refractivity contribution is 0.397. The zero-order valence-electron chi connectivity index (χ0n) is 12.6. The van der Waals surface area contributed by atoms with Gasteiger partial charge in [0.25, 0.3) is 0 Å². The molecule has 0 fully saturated rings. The molecule has 1 N–H and O–H groups in total. The van der Waals surface area contributed by atoms with Gasteiger partial charge >= 0.3 is 0 Å². The highest BCUT2D eigenvalue weighted by molar-refractivity contribution is 9.10. The minimum absolute atomic E-state index is 0.618. The number of nitrogens with one attached hydrogen (secondary N) is 1. The molecule has 1 rings (SSSR count). The van der Waals surface area contributed by atoms with Gasteiger partial charge in [-0.25, -0.2) is 0 Å². The summed E-state index contributed by atoms with van der Waals surface area (Å²) in [5.74, 6) is 1.45. The van der Waals surface area contributed by atoms with Crippen LogP contribution < -0.4 is 5.32 Å². The fourth-order valence-corrected chi connectivity index (χ4v) is 3.21. The quantitative estimate of drug-likeness (QED) is 0.603. The highest BCUT2D eigenvalue weighted by Gasteiger charge is 2.17. The van der Waals surface area contributed by atoms with Crippen LogP contribution in [0.4, 0.5) is 0 Å². The Morgan fingerprint density at radius 1 is 1.11 bits per heavy atom. The second kappa shape index (κ2) is 9.55. The van der Waals surface area contributed by atoms with Crippen molar-refractivity contribution < 1.29 is 0 Å². The van der Waals surface area contributed by atoms with E-state index in [9.17, 15) is 0 Å². The molecule has 1 aromatic rings. The van der Waals surface area contributed by atoms with Crippen molar-refractivity contribution in [2.45, 2.75) is 52.4 Å². The molecule has 0 saturated heterocycles. The average molecular weight is 326 g/mol. The number of halogens is 1. The van der Waals surface area contributed by atoms with Crippen LogP contribution in [-0.2, 0) is 0 Å². The van der Waals surface area contributed by atoms with Crippen LogP contribution in [0.2, 0.25) is 0 Å². The summed E-state index contributed by atoms with van der Waals surface area (Å²) in [5, 5.41) is 3.59. The summed E-state index contributed by atoms with van der Waals surface area (Å²) in [6.07, 6.45) is 5.05. The van der Waals surface area contributed by atoms with Crippen LogP contribution >= 0.6 is 15.9 Å². The van der Waals surface area contributed by atoms with Crippen LogP contribution in [0.3, 0.4) is 0 Å². The first kappa shape index (κ1) is 16.7. The maximum Gasteiger partial charge on any atom is 0.0210 e. The van der Waals surface area contributed by atoms with E-state index in [4.69, 9.17) is 0 Å². The molecule has 0 aliphatic heterocycles. The number of hydrogen-bond acceptors (Lipinski definition) is 1. The van der Waals surface area contributed by atoms with Crippen molar-refractivity contribution in [2.75, 3.05) is 13.1 Å². The van der Waals surface area contributed by atoms with Crippen molar-refractivity contribution in [3.8, 4) is 0 Å². The van der Waals surface area contributed by atoms with Crippen LogP contribution in [0.1, 0.15) is 57.9 Å². The highest BCUT2D eigenvalue weighted by Crippen LogP contribution is 2.31. The minimum Gasteiger partial charge on any atom is -0.316 e. The van der Waals surface area contributed by atoms with Crippen LogP contribution in [0.15, 0.2) is 28.7 Å². The zero-order chi connectivity index (χ0) is 14.1. The van der Waals surface area contributed by atoms with E-state index in [0.717, 1.165) is 19.0 Å². The summed E-state index contributed by atoms with van der Waals surface area (Å²) in [7, 11) is 0.